The van der Waals surface area contributed by atoms with Crippen molar-refractivity contribution in [1.82, 2.24) is 19.8 Å². The third-order valence-electron chi connectivity index (χ3n) is 6.44. The Morgan fingerprint density at radius 2 is 2.16 bits per heavy atom. The standard InChI is InChI=1S/C24H28N4O3S/c1-3-28(16(2)29)18-8-11-27(12-9-18)14-17-15-30-21-13-19(6-7-20(17)21)31-24-26-23-22(32-24)5-4-10-25-23/h4-7,10,13,17-18H,3,8-9,11-12,14-15H2,1-2H3. The molecule has 5 rings (SSSR count). The molecule has 1 amide bonds. The molecule has 0 spiro atoms. The number of thiazole rings is 1. The molecule has 8 heteroatoms. The van der Waals surface area contributed by atoms with E-state index < -0.39 is 0 Å². The monoisotopic (exact) mass is 452 g/mol. The predicted molar refractivity (Wildman–Crippen MR) is 125 cm³/mol. The number of amides is 1. The smallest absolute Gasteiger partial charge is 0.281 e. The number of hydrogen-bond acceptors (Lipinski definition) is 7. The average Bonchev–Trinajstić information content (AvgIpc) is 3.38. The lowest BCUT2D eigenvalue weighted by atomic mass is 9.97. The molecule has 1 saturated heterocycles. The Morgan fingerprint density at radius 1 is 1.31 bits per heavy atom. The van der Waals surface area contributed by atoms with E-state index in [-0.39, 0.29) is 5.91 Å². The molecule has 1 aromatic carbocycles. The van der Waals surface area contributed by atoms with Crippen LogP contribution in [0.2, 0.25) is 0 Å². The molecule has 4 heterocycles. The van der Waals surface area contributed by atoms with Crippen LogP contribution in [-0.2, 0) is 4.79 Å². The third kappa shape index (κ3) is 4.29. The van der Waals surface area contributed by atoms with E-state index in [9.17, 15) is 4.79 Å². The highest BCUT2D eigenvalue weighted by Gasteiger charge is 2.30. The molecule has 0 saturated carbocycles. The normalized spacial score (nSPS) is 19.0. The molecule has 0 bridgehead atoms. The van der Waals surface area contributed by atoms with Crippen LogP contribution in [0.3, 0.4) is 0 Å². The zero-order valence-electron chi connectivity index (χ0n) is 18.5. The Morgan fingerprint density at radius 3 is 2.91 bits per heavy atom. The summed E-state index contributed by atoms with van der Waals surface area (Å²) in [5.74, 6) is 2.17. The van der Waals surface area contributed by atoms with Gasteiger partial charge < -0.3 is 19.3 Å². The molecule has 3 aromatic rings. The molecule has 2 aliphatic rings. The van der Waals surface area contributed by atoms with Crippen LogP contribution in [0, 0.1) is 0 Å². The number of benzene rings is 1. The van der Waals surface area contributed by atoms with Gasteiger partial charge in [0.15, 0.2) is 5.65 Å². The Bertz CT molecular complexity index is 1080. The topological polar surface area (TPSA) is 67.8 Å². The Hall–Kier alpha value is -2.71. The molecular weight excluding hydrogens is 424 g/mol. The number of carbonyl (C=O) groups excluding carboxylic acids is 1. The number of pyridine rings is 1. The minimum absolute atomic E-state index is 0.184. The zero-order chi connectivity index (χ0) is 22.1. The van der Waals surface area contributed by atoms with E-state index in [1.807, 2.05) is 29.2 Å². The molecule has 2 aromatic heterocycles. The number of aromatic nitrogens is 2. The second kappa shape index (κ2) is 9.03. The van der Waals surface area contributed by atoms with Gasteiger partial charge in [-0.3, -0.25) is 4.79 Å². The number of rotatable bonds is 6. The van der Waals surface area contributed by atoms with E-state index in [1.165, 1.54) is 16.9 Å². The van der Waals surface area contributed by atoms with E-state index in [1.54, 1.807) is 13.1 Å². The van der Waals surface area contributed by atoms with Crippen molar-refractivity contribution in [1.29, 1.82) is 0 Å². The van der Waals surface area contributed by atoms with E-state index >= 15 is 0 Å². The maximum Gasteiger partial charge on any atom is 0.281 e. The second-order valence-corrected chi connectivity index (χ2v) is 9.44. The molecule has 0 N–H and O–H groups in total. The zero-order valence-corrected chi connectivity index (χ0v) is 19.3. The molecule has 2 aliphatic heterocycles. The van der Waals surface area contributed by atoms with Crippen molar-refractivity contribution in [2.45, 2.75) is 38.6 Å². The lowest BCUT2D eigenvalue weighted by Crippen LogP contribution is -2.47. The molecule has 168 valence electrons. The van der Waals surface area contributed by atoms with Gasteiger partial charge in [-0.15, -0.1) is 0 Å². The molecule has 32 heavy (non-hydrogen) atoms. The summed E-state index contributed by atoms with van der Waals surface area (Å²) in [6.45, 7) is 8.25. The summed E-state index contributed by atoms with van der Waals surface area (Å²) in [5.41, 5.74) is 1.95. The van der Waals surface area contributed by atoms with Crippen LogP contribution in [0.4, 0.5) is 0 Å². The fraction of sp³-hybridized carbons (Fsp3) is 0.458. The molecule has 1 fully saturated rings. The Balaban J connectivity index is 1.20. The number of ether oxygens (including phenoxy) is 2. The van der Waals surface area contributed by atoms with E-state index in [0.29, 0.717) is 29.4 Å². The van der Waals surface area contributed by atoms with Crippen molar-refractivity contribution >= 4 is 27.6 Å². The summed E-state index contributed by atoms with van der Waals surface area (Å²) in [7, 11) is 0. The first-order valence-electron chi connectivity index (χ1n) is 11.3. The lowest BCUT2D eigenvalue weighted by Gasteiger charge is -2.38. The number of likely N-dealkylation sites (tertiary alicyclic amines) is 1. The van der Waals surface area contributed by atoms with Crippen molar-refractivity contribution < 1.29 is 14.3 Å². The number of fused-ring (bicyclic) bond motifs is 2. The van der Waals surface area contributed by atoms with Gasteiger partial charge in [0.05, 0.1) is 11.3 Å². The molecule has 7 nitrogen and oxygen atoms in total. The summed E-state index contributed by atoms with van der Waals surface area (Å²) in [4.78, 5) is 25.1. The number of nitrogens with zero attached hydrogens (tertiary/aromatic N) is 4. The van der Waals surface area contributed by atoms with Crippen LogP contribution >= 0.6 is 11.3 Å². The molecule has 0 aliphatic carbocycles. The number of hydrogen-bond donors (Lipinski definition) is 0. The van der Waals surface area contributed by atoms with Crippen molar-refractivity contribution in [2.24, 2.45) is 0 Å². The van der Waals surface area contributed by atoms with Crippen LogP contribution in [0.25, 0.3) is 10.3 Å². The number of carbonyl (C=O) groups is 1. The lowest BCUT2D eigenvalue weighted by molar-refractivity contribution is -0.131. The van der Waals surface area contributed by atoms with E-state index in [2.05, 4.69) is 27.9 Å². The van der Waals surface area contributed by atoms with Crippen LogP contribution in [0.15, 0.2) is 36.5 Å². The summed E-state index contributed by atoms with van der Waals surface area (Å²) >= 11 is 1.49. The molecule has 1 atom stereocenters. The Labute approximate surface area is 192 Å². The number of piperidine rings is 1. The van der Waals surface area contributed by atoms with E-state index in [4.69, 9.17) is 9.47 Å². The van der Waals surface area contributed by atoms with Crippen LogP contribution in [0.1, 0.15) is 38.2 Å². The Kier molecular flexibility index (Phi) is 5.97. The van der Waals surface area contributed by atoms with Gasteiger partial charge in [-0.2, -0.15) is 4.98 Å². The summed E-state index contributed by atoms with van der Waals surface area (Å²) in [5, 5.41) is 0.586. The first kappa shape index (κ1) is 21.2. The van der Waals surface area contributed by atoms with Gasteiger partial charge in [0.25, 0.3) is 5.19 Å². The van der Waals surface area contributed by atoms with Gasteiger partial charge in [-0.1, -0.05) is 17.4 Å². The summed E-state index contributed by atoms with van der Waals surface area (Å²) in [6, 6.07) is 10.4. The highest BCUT2D eigenvalue weighted by atomic mass is 32.1. The highest BCUT2D eigenvalue weighted by molar-refractivity contribution is 7.20. The molecule has 0 radical (unpaired) electrons. The van der Waals surface area contributed by atoms with Gasteiger partial charge in [0, 0.05) is 62.9 Å². The minimum Gasteiger partial charge on any atom is -0.492 e. The van der Waals surface area contributed by atoms with Crippen LogP contribution in [-0.4, -0.2) is 64.5 Å². The largest absolute Gasteiger partial charge is 0.492 e. The van der Waals surface area contributed by atoms with Gasteiger partial charge in [0.1, 0.15) is 11.5 Å². The van der Waals surface area contributed by atoms with Crippen molar-refractivity contribution in [3.8, 4) is 16.7 Å². The van der Waals surface area contributed by atoms with E-state index in [0.717, 1.165) is 55.2 Å². The summed E-state index contributed by atoms with van der Waals surface area (Å²) < 4.78 is 13.0. The predicted octanol–water partition coefficient (Wildman–Crippen LogP) is 4.29. The summed E-state index contributed by atoms with van der Waals surface area (Å²) in [6.07, 6.45) is 3.82. The van der Waals surface area contributed by atoms with Crippen LogP contribution in [0.5, 0.6) is 16.7 Å². The second-order valence-electron chi connectivity index (χ2n) is 8.45. The quantitative estimate of drug-likeness (QED) is 0.556. The first-order chi connectivity index (χ1) is 15.6. The van der Waals surface area contributed by atoms with Gasteiger partial charge in [0.2, 0.25) is 5.91 Å². The minimum atomic E-state index is 0.184. The van der Waals surface area contributed by atoms with Crippen LogP contribution < -0.4 is 9.47 Å². The third-order valence-corrected chi connectivity index (χ3v) is 7.32. The fourth-order valence-electron chi connectivity index (χ4n) is 4.83. The fourth-order valence-corrected chi connectivity index (χ4v) is 5.62. The van der Waals surface area contributed by atoms with Gasteiger partial charge >= 0.3 is 0 Å². The van der Waals surface area contributed by atoms with Crippen molar-refractivity contribution in [3.05, 3.63) is 42.1 Å². The van der Waals surface area contributed by atoms with Crippen molar-refractivity contribution in [3.63, 3.8) is 0 Å². The van der Waals surface area contributed by atoms with Gasteiger partial charge in [-0.05, 0) is 38.0 Å². The van der Waals surface area contributed by atoms with Crippen molar-refractivity contribution in [2.75, 3.05) is 32.8 Å². The SMILES string of the molecule is CCN(C(C)=O)C1CCN(CC2COc3cc(Oc4nc5ncccc5s4)ccc32)CC1. The maximum atomic E-state index is 11.8. The highest BCUT2D eigenvalue weighted by Crippen LogP contribution is 2.39. The molecule has 1 unspecified atom stereocenters. The average molecular weight is 453 g/mol. The molecular formula is C24H28N4O3S. The maximum absolute atomic E-state index is 11.8. The first-order valence-corrected chi connectivity index (χ1v) is 12.1. The van der Waals surface area contributed by atoms with Gasteiger partial charge in [-0.25, -0.2) is 4.98 Å².